The summed E-state index contributed by atoms with van der Waals surface area (Å²) in [5.74, 6) is 0. The summed E-state index contributed by atoms with van der Waals surface area (Å²) >= 11 is 0. The average molecular weight is 242 g/mol. The molecule has 90 valence electrons. The van der Waals surface area contributed by atoms with Crippen LogP contribution in [-0.4, -0.2) is 19.3 Å². The van der Waals surface area contributed by atoms with Gasteiger partial charge >= 0.3 is 5.69 Å². The van der Waals surface area contributed by atoms with Crippen molar-refractivity contribution in [3.63, 3.8) is 0 Å². The van der Waals surface area contributed by atoms with Crippen LogP contribution in [0.2, 0.25) is 0 Å². The van der Waals surface area contributed by atoms with Crippen molar-refractivity contribution >= 4 is 21.9 Å². The largest absolute Gasteiger partial charge is 0.331 e. The minimum absolute atomic E-state index is 0.207. The number of aryl methyl sites for hydroxylation is 1. The van der Waals surface area contributed by atoms with Crippen LogP contribution in [0.4, 0.5) is 0 Å². The molecule has 0 spiro atoms. The summed E-state index contributed by atoms with van der Waals surface area (Å²) in [5.41, 5.74) is 0.595. The van der Waals surface area contributed by atoms with E-state index in [9.17, 15) is 9.59 Å². The third-order valence-electron chi connectivity index (χ3n) is 3.06. The van der Waals surface area contributed by atoms with E-state index in [1.54, 1.807) is 13.1 Å². The van der Waals surface area contributed by atoms with Crippen molar-refractivity contribution in [2.24, 2.45) is 14.1 Å². The van der Waals surface area contributed by atoms with Crippen LogP contribution in [0.25, 0.3) is 21.9 Å². The Kier molecular flexibility index (Phi) is 2.07. The lowest BCUT2D eigenvalue weighted by molar-refractivity contribution is 0.710. The van der Waals surface area contributed by atoms with Gasteiger partial charge < -0.3 is 0 Å². The molecular formula is C12H10N4O2. The zero-order valence-electron chi connectivity index (χ0n) is 9.91. The fourth-order valence-electron chi connectivity index (χ4n) is 2.09. The van der Waals surface area contributed by atoms with Crippen molar-refractivity contribution in [3.8, 4) is 0 Å². The SMILES string of the molecule is Cn1c(=O)c2nnc3ccccc3c2n(C)c1=O. The van der Waals surface area contributed by atoms with E-state index in [4.69, 9.17) is 0 Å². The van der Waals surface area contributed by atoms with Crippen LogP contribution in [0.15, 0.2) is 33.9 Å². The molecule has 6 heteroatoms. The normalized spacial score (nSPS) is 11.2. The average Bonchev–Trinajstić information content (AvgIpc) is 2.41. The number of hydrogen-bond donors (Lipinski definition) is 0. The third-order valence-corrected chi connectivity index (χ3v) is 3.06. The molecule has 18 heavy (non-hydrogen) atoms. The van der Waals surface area contributed by atoms with Crippen molar-refractivity contribution in [1.29, 1.82) is 0 Å². The first kappa shape index (κ1) is 10.6. The molecule has 0 amide bonds. The zero-order chi connectivity index (χ0) is 12.9. The maximum atomic E-state index is 12.0. The minimum atomic E-state index is -0.425. The van der Waals surface area contributed by atoms with Gasteiger partial charge in [-0.05, 0) is 6.07 Å². The van der Waals surface area contributed by atoms with Crippen LogP contribution >= 0.6 is 0 Å². The summed E-state index contributed by atoms with van der Waals surface area (Å²) in [6, 6.07) is 7.29. The molecule has 3 aromatic rings. The van der Waals surface area contributed by atoms with E-state index < -0.39 is 5.56 Å². The topological polar surface area (TPSA) is 69.8 Å². The number of hydrogen-bond acceptors (Lipinski definition) is 4. The molecule has 2 aromatic heterocycles. The van der Waals surface area contributed by atoms with Crippen molar-refractivity contribution < 1.29 is 0 Å². The zero-order valence-corrected chi connectivity index (χ0v) is 9.91. The molecule has 3 rings (SSSR count). The summed E-state index contributed by atoms with van der Waals surface area (Å²) in [6.45, 7) is 0. The van der Waals surface area contributed by atoms with Gasteiger partial charge in [-0.25, -0.2) is 4.79 Å². The molecule has 0 radical (unpaired) electrons. The van der Waals surface area contributed by atoms with Crippen molar-refractivity contribution in [3.05, 3.63) is 45.1 Å². The smallest absolute Gasteiger partial charge is 0.294 e. The van der Waals surface area contributed by atoms with Crippen LogP contribution in [0, 0.1) is 0 Å². The maximum absolute atomic E-state index is 12.0. The van der Waals surface area contributed by atoms with E-state index in [0.29, 0.717) is 11.0 Å². The second-order valence-electron chi connectivity index (χ2n) is 4.12. The molecule has 0 fully saturated rings. The van der Waals surface area contributed by atoms with Gasteiger partial charge in [-0.3, -0.25) is 13.9 Å². The van der Waals surface area contributed by atoms with Gasteiger partial charge in [0.25, 0.3) is 5.56 Å². The van der Waals surface area contributed by atoms with Crippen LogP contribution in [-0.2, 0) is 14.1 Å². The molecular weight excluding hydrogens is 232 g/mol. The molecule has 0 saturated carbocycles. The number of rotatable bonds is 0. The molecule has 0 saturated heterocycles. The van der Waals surface area contributed by atoms with E-state index in [2.05, 4.69) is 10.2 Å². The second kappa shape index (κ2) is 3.49. The monoisotopic (exact) mass is 242 g/mol. The maximum Gasteiger partial charge on any atom is 0.331 e. The van der Waals surface area contributed by atoms with Gasteiger partial charge in [0.1, 0.15) is 0 Å². The Labute approximate surface area is 101 Å². The molecule has 0 unspecified atom stereocenters. The Hall–Kier alpha value is -2.50. The molecule has 0 N–H and O–H groups in total. The lowest BCUT2D eigenvalue weighted by Crippen LogP contribution is -2.37. The fourth-order valence-corrected chi connectivity index (χ4v) is 2.09. The van der Waals surface area contributed by atoms with Gasteiger partial charge in [0.2, 0.25) is 0 Å². The molecule has 0 aliphatic heterocycles. The van der Waals surface area contributed by atoms with Gasteiger partial charge in [0, 0.05) is 19.5 Å². The standard InChI is InChI=1S/C12H10N4O2/c1-15-10-7-5-3-4-6-8(7)13-14-9(10)11(17)16(2)12(15)18/h3-6H,1-2H3. The quantitative estimate of drug-likeness (QED) is 0.527. The Morgan fingerprint density at radius 2 is 1.72 bits per heavy atom. The Morgan fingerprint density at radius 3 is 2.50 bits per heavy atom. The molecule has 1 aromatic carbocycles. The van der Waals surface area contributed by atoms with Gasteiger partial charge in [-0.1, -0.05) is 18.2 Å². The van der Waals surface area contributed by atoms with Crippen LogP contribution in [0.1, 0.15) is 0 Å². The number of benzene rings is 1. The highest BCUT2D eigenvalue weighted by Crippen LogP contribution is 2.17. The van der Waals surface area contributed by atoms with E-state index >= 15 is 0 Å². The molecule has 2 heterocycles. The van der Waals surface area contributed by atoms with Gasteiger partial charge in [-0.15, -0.1) is 10.2 Å². The Bertz CT molecular complexity index is 892. The van der Waals surface area contributed by atoms with Crippen molar-refractivity contribution in [1.82, 2.24) is 19.3 Å². The van der Waals surface area contributed by atoms with Crippen molar-refractivity contribution in [2.75, 3.05) is 0 Å². The minimum Gasteiger partial charge on any atom is -0.294 e. The first-order chi connectivity index (χ1) is 8.61. The first-order valence-corrected chi connectivity index (χ1v) is 5.42. The fraction of sp³-hybridized carbons (Fsp3) is 0.167. The summed E-state index contributed by atoms with van der Waals surface area (Å²) in [7, 11) is 3.05. The molecule has 0 bridgehead atoms. The Morgan fingerprint density at radius 1 is 1.00 bits per heavy atom. The summed E-state index contributed by atoms with van der Waals surface area (Å²) in [4.78, 5) is 23.9. The highest BCUT2D eigenvalue weighted by atomic mass is 16.2. The van der Waals surface area contributed by atoms with Gasteiger partial charge in [0.05, 0.1) is 11.0 Å². The summed E-state index contributed by atoms with van der Waals surface area (Å²) < 4.78 is 2.46. The van der Waals surface area contributed by atoms with E-state index in [1.807, 2.05) is 18.2 Å². The van der Waals surface area contributed by atoms with Gasteiger partial charge in [0.15, 0.2) is 5.52 Å². The van der Waals surface area contributed by atoms with Crippen LogP contribution < -0.4 is 11.2 Å². The Balaban J connectivity index is 2.76. The predicted octanol–water partition coefficient (Wildman–Crippen LogP) is 0.180. The molecule has 0 aliphatic rings. The third kappa shape index (κ3) is 1.22. The number of nitrogens with zero attached hydrogens (tertiary/aromatic N) is 4. The number of fused-ring (bicyclic) bond motifs is 3. The van der Waals surface area contributed by atoms with Crippen molar-refractivity contribution in [2.45, 2.75) is 0 Å². The lowest BCUT2D eigenvalue weighted by Gasteiger charge is -2.08. The van der Waals surface area contributed by atoms with E-state index in [1.165, 1.54) is 11.6 Å². The highest BCUT2D eigenvalue weighted by Gasteiger charge is 2.12. The van der Waals surface area contributed by atoms with Crippen LogP contribution in [0.3, 0.4) is 0 Å². The first-order valence-electron chi connectivity index (χ1n) is 5.42. The van der Waals surface area contributed by atoms with E-state index in [0.717, 1.165) is 9.95 Å². The molecule has 0 aliphatic carbocycles. The highest BCUT2D eigenvalue weighted by molar-refractivity contribution is 6.00. The second-order valence-corrected chi connectivity index (χ2v) is 4.12. The molecule has 0 atom stereocenters. The number of aromatic nitrogens is 4. The lowest BCUT2D eigenvalue weighted by atomic mass is 10.2. The van der Waals surface area contributed by atoms with Gasteiger partial charge in [-0.2, -0.15) is 0 Å². The molecule has 6 nitrogen and oxygen atoms in total. The van der Waals surface area contributed by atoms with Crippen LogP contribution in [0.5, 0.6) is 0 Å². The summed E-state index contributed by atoms with van der Waals surface area (Å²) in [5, 5.41) is 8.68. The summed E-state index contributed by atoms with van der Waals surface area (Å²) in [6.07, 6.45) is 0. The van der Waals surface area contributed by atoms with E-state index in [-0.39, 0.29) is 11.2 Å². The predicted molar refractivity (Wildman–Crippen MR) is 67.5 cm³/mol.